The lowest BCUT2D eigenvalue weighted by Gasteiger charge is -2.33. The zero-order valence-corrected chi connectivity index (χ0v) is 34.9. The minimum absolute atomic E-state index is 0.145. The smallest absolute Gasteiger partial charge is 0.0842 e. The van der Waals surface area contributed by atoms with Crippen LogP contribution < -0.4 is 21.1 Å². The van der Waals surface area contributed by atoms with Gasteiger partial charge in [0, 0.05) is 36.5 Å². The molecule has 0 aromatic heterocycles. The number of ether oxygens (including phenoxy) is 1. The van der Waals surface area contributed by atoms with Crippen molar-refractivity contribution in [3.63, 3.8) is 0 Å². The summed E-state index contributed by atoms with van der Waals surface area (Å²) in [4.78, 5) is 0. The van der Waals surface area contributed by atoms with E-state index in [0.717, 1.165) is 57.9 Å². The normalized spacial score (nSPS) is 29.1. The highest BCUT2D eigenvalue weighted by Gasteiger charge is 2.42. The summed E-state index contributed by atoms with van der Waals surface area (Å²) in [5, 5.41) is 10.3. The third-order valence-electron chi connectivity index (χ3n) is 12.6. The molecule has 58 heavy (non-hydrogen) atoms. The van der Waals surface area contributed by atoms with Crippen molar-refractivity contribution in [2.24, 2.45) is 23.7 Å². The SMILES string of the molecule is C=C/C=C\CC(CC1=CN[C@H]([C@H]2C=CC(C3=C[C@@H]4C(C=C3)OC3C=c5ccccc5=CC34)CN2)C=C1)C/C(C\C=C/C(CCC)=C(C=C)/C=C\C)=C1/C=CCCC1=C. The van der Waals surface area contributed by atoms with E-state index < -0.39 is 0 Å². The Hall–Kier alpha value is -4.96. The summed E-state index contributed by atoms with van der Waals surface area (Å²) in [6.45, 7) is 17.8. The molecule has 0 spiro atoms. The number of fused-ring (bicyclic) bond motifs is 4. The highest BCUT2D eigenvalue weighted by atomic mass is 16.5. The molecule has 5 unspecified atom stereocenters. The maximum Gasteiger partial charge on any atom is 0.0842 e. The molecule has 3 heteroatoms. The van der Waals surface area contributed by atoms with Crippen LogP contribution >= 0.6 is 0 Å². The van der Waals surface area contributed by atoms with Gasteiger partial charge in [0.1, 0.15) is 0 Å². The zero-order valence-electron chi connectivity index (χ0n) is 34.9. The number of dihydropyridines is 1. The Morgan fingerprint density at radius 3 is 2.50 bits per heavy atom. The van der Waals surface area contributed by atoms with Gasteiger partial charge in [-0.3, -0.25) is 0 Å². The van der Waals surface area contributed by atoms with E-state index in [1.807, 2.05) is 12.2 Å². The Kier molecular flexibility index (Phi) is 14.3. The van der Waals surface area contributed by atoms with E-state index in [0.29, 0.717) is 23.7 Å². The molecular weight excluding hydrogens is 705 g/mol. The van der Waals surface area contributed by atoms with E-state index in [1.54, 1.807) is 0 Å². The van der Waals surface area contributed by atoms with Crippen LogP contribution in [0.1, 0.15) is 65.2 Å². The van der Waals surface area contributed by atoms with E-state index in [-0.39, 0.29) is 24.3 Å². The highest BCUT2D eigenvalue weighted by Crippen LogP contribution is 2.41. The molecule has 1 aromatic carbocycles. The zero-order chi connectivity index (χ0) is 40.3. The van der Waals surface area contributed by atoms with Crippen LogP contribution in [0.25, 0.3) is 12.2 Å². The molecule has 3 aliphatic heterocycles. The minimum atomic E-state index is 0.145. The van der Waals surface area contributed by atoms with Crippen LogP contribution in [0.5, 0.6) is 0 Å². The predicted molar refractivity (Wildman–Crippen MR) is 248 cm³/mol. The first-order valence-electron chi connectivity index (χ1n) is 21.9. The van der Waals surface area contributed by atoms with E-state index in [9.17, 15) is 0 Å². The van der Waals surface area contributed by atoms with Crippen molar-refractivity contribution in [3.05, 3.63) is 203 Å². The average Bonchev–Trinajstić information content (AvgIpc) is 3.61. The molecule has 7 rings (SSSR count). The number of allylic oxidation sites excluding steroid dienone is 18. The molecule has 0 bridgehead atoms. The molecule has 3 aliphatic carbocycles. The highest BCUT2D eigenvalue weighted by molar-refractivity contribution is 5.50. The van der Waals surface area contributed by atoms with Gasteiger partial charge in [0.25, 0.3) is 0 Å². The molecule has 0 amide bonds. The number of hydrogen-bond acceptors (Lipinski definition) is 3. The third-order valence-corrected chi connectivity index (χ3v) is 12.6. The van der Waals surface area contributed by atoms with Crippen LogP contribution in [0.15, 0.2) is 193 Å². The van der Waals surface area contributed by atoms with E-state index in [2.05, 4.69) is 178 Å². The molecule has 3 heterocycles. The molecule has 300 valence electrons. The van der Waals surface area contributed by atoms with Gasteiger partial charge >= 0.3 is 0 Å². The maximum atomic E-state index is 6.52. The second-order valence-corrected chi connectivity index (χ2v) is 16.7. The second kappa shape index (κ2) is 20.1. The lowest BCUT2D eigenvalue weighted by Crippen LogP contribution is -2.48. The monoisotopic (exact) mass is 769 g/mol. The number of benzene rings is 1. The van der Waals surface area contributed by atoms with Crippen molar-refractivity contribution in [3.8, 4) is 0 Å². The van der Waals surface area contributed by atoms with Crippen molar-refractivity contribution in [1.29, 1.82) is 0 Å². The average molecular weight is 769 g/mol. The summed E-state index contributed by atoms with van der Waals surface area (Å²) in [6, 6.07) is 9.13. The summed E-state index contributed by atoms with van der Waals surface area (Å²) >= 11 is 0. The molecule has 1 saturated heterocycles. The number of hydrogen-bond donors (Lipinski definition) is 2. The molecule has 0 saturated carbocycles. The Labute approximate surface area is 348 Å². The van der Waals surface area contributed by atoms with Gasteiger partial charge in [0.15, 0.2) is 0 Å². The van der Waals surface area contributed by atoms with Gasteiger partial charge in [-0.25, -0.2) is 0 Å². The van der Waals surface area contributed by atoms with Crippen LogP contribution in [0, 0.1) is 23.7 Å². The van der Waals surface area contributed by atoms with E-state index in [4.69, 9.17) is 4.74 Å². The molecule has 1 aromatic rings. The van der Waals surface area contributed by atoms with Crippen LogP contribution in [-0.4, -0.2) is 30.8 Å². The fourth-order valence-corrected chi connectivity index (χ4v) is 9.57. The summed E-state index contributed by atoms with van der Waals surface area (Å²) < 4.78 is 6.52. The van der Waals surface area contributed by atoms with Gasteiger partial charge in [-0.1, -0.05) is 172 Å². The van der Waals surface area contributed by atoms with Crippen molar-refractivity contribution >= 4 is 12.2 Å². The van der Waals surface area contributed by atoms with Gasteiger partial charge in [0.2, 0.25) is 0 Å². The Morgan fingerprint density at radius 2 is 1.78 bits per heavy atom. The van der Waals surface area contributed by atoms with Gasteiger partial charge in [-0.15, -0.1) is 0 Å². The number of rotatable bonds is 16. The predicted octanol–water partition coefficient (Wildman–Crippen LogP) is 10.8. The molecule has 3 nitrogen and oxygen atoms in total. The Morgan fingerprint density at radius 1 is 0.931 bits per heavy atom. The van der Waals surface area contributed by atoms with Gasteiger partial charge in [-0.2, -0.15) is 0 Å². The molecule has 0 radical (unpaired) electrons. The van der Waals surface area contributed by atoms with Crippen molar-refractivity contribution in [2.75, 3.05) is 6.54 Å². The summed E-state index contributed by atoms with van der Waals surface area (Å²) in [6.07, 6.45) is 54.0. The minimum Gasteiger partial charge on any atom is -0.383 e. The van der Waals surface area contributed by atoms with E-state index in [1.165, 1.54) is 49.4 Å². The topological polar surface area (TPSA) is 33.3 Å². The van der Waals surface area contributed by atoms with E-state index >= 15 is 0 Å². The standard InChI is InChI=1S/C55H64N2O/c1-6-10-11-20-40(33-47(49-25-15-12-19-39(49)5)24-16-23-43(18-8-3)42(9-4)17-7-2)32-41-26-29-52(56-37-41)53-30-27-48(38-57-53)46-28-31-54-50(35-46)51-34-44-21-13-14-22-45(44)36-55(51)58-54/h6-7,9-11,13-17,21-23,25-31,34-37,40,48,50-57H,1,4-5,8,12,18-20,24,32-33,38H2,2-3H3/b11-10-,17-7-,23-16-,43-42+,49-47-/t40?,48?,50-,51?,52-,53+,54?,55?/m0/s1. The summed E-state index contributed by atoms with van der Waals surface area (Å²) in [5.41, 5.74) is 9.40. The molecule has 2 N–H and O–H groups in total. The molecule has 8 atom stereocenters. The van der Waals surface area contributed by atoms with Crippen molar-refractivity contribution < 1.29 is 4.74 Å². The Balaban J connectivity index is 1.00. The first-order valence-corrected chi connectivity index (χ1v) is 21.9. The lowest BCUT2D eigenvalue weighted by atomic mass is 9.78. The fourth-order valence-electron chi connectivity index (χ4n) is 9.57. The van der Waals surface area contributed by atoms with Crippen LogP contribution in [0.3, 0.4) is 0 Å². The molecular formula is C55H64N2O. The summed E-state index contributed by atoms with van der Waals surface area (Å²) in [5.74, 6) is 1.56. The van der Waals surface area contributed by atoms with Crippen molar-refractivity contribution in [1.82, 2.24) is 10.6 Å². The van der Waals surface area contributed by atoms with Gasteiger partial charge in [-0.05, 0) is 108 Å². The number of nitrogens with one attached hydrogen (secondary N) is 2. The fraction of sp³-hybridized carbons (Fsp3) is 0.345. The molecule has 1 fully saturated rings. The quantitative estimate of drug-likeness (QED) is 0.130. The maximum absolute atomic E-state index is 6.52. The largest absolute Gasteiger partial charge is 0.383 e. The van der Waals surface area contributed by atoms with Gasteiger partial charge in [0.05, 0.1) is 18.2 Å². The van der Waals surface area contributed by atoms with Crippen molar-refractivity contribution in [2.45, 2.75) is 89.5 Å². The van der Waals surface area contributed by atoms with Crippen LogP contribution in [0.4, 0.5) is 0 Å². The van der Waals surface area contributed by atoms with Gasteiger partial charge < -0.3 is 15.4 Å². The Bertz CT molecular complexity index is 2170. The second-order valence-electron chi connectivity index (χ2n) is 16.7. The van der Waals surface area contributed by atoms with Crippen LogP contribution in [-0.2, 0) is 4.74 Å². The third kappa shape index (κ3) is 10.0. The van der Waals surface area contributed by atoms with Crippen LogP contribution in [0.2, 0.25) is 0 Å². The lowest BCUT2D eigenvalue weighted by molar-refractivity contribution is 0.0977. The molecule has 6 aliphatic rings. The first kappa shape index (κ1) is 41.2. The summed E-state index contributed by atoms with van der Waals surface area (Å²) in [7, 11) is 0. The first-order chi connectivity index (χ1) is 28.5.